The Bertz CT molecular complexity index is 879. The maximum atomic E-state index is 11.7. The summed E-state index contributed by atoms with van der Waals surface area (Å²) in [4.78, 5) is 20.1. The molecule has 0 aliphatic carbocycles. The van der Waals surface area contributed by atoms with Crippen LogP contribution in [0.25, 0.3) is 11.1 Å². The minimum absolute atomic E-state index is 0.354. The molecule has 0 bridgehead atoms. The van der Waals surface area contributed by atoms with E-state index in [1.165, 1.54) is 7.11 Å². The van der Waals surface area contributed by atoms with Gasteiger partial charge in [0.2, 0.25) is 0 Å². The average Bonchev–Trinajstić information content (AvgIpc) is 2.67. The Balaban J connectivity index is 1.77. The summed E-state index contributed by atoms with van der Waals surface area (Å²) in [6.07, 6.45) is 7.09. The van der Waals surface area contributed by atoms with Crippen LogP contribution in [0.15, 0.2) is 61.2 Å². The molecule has 0 fully saturated rings. The zero-order chi connectivity index (χ0) is 17.6. The number of ether oxygens (including phenoxy) is 2. The Kier molecular flexibility index (Phi) is 5.04. The van der Waals surface area contributed by atoms with Gasteiger partial charge in [0.15, 0.2) is 0 Å². The lowest BCUT2D eigenvalue weighted by Crippen LogP contribution is -2.03. The first-order valence-corrected chi connectivity index (χ1v) is 7.83. The van der Waals surface area contributed by atoms with E-state index >= 15 is 0 Å². The topological polar surface area (TPSA) is 61.3 Å². The molecule has 0 amide bonds. The van der Waals surface area contributed by atoms with Gasteiger partial charge in [-0.1, -0.05) is 12.1 Å². The molecule has 0 aliphatic heterocycles. The normalized spacial score (nSPS) is 10.3. The number of hydrogen-bond acceptors (Lipinski definition) is 5. The SMILES string of the molecule is COC(=O)c1ccc(C)c(OCc2cncc(-c3cccnc3)c2)c1. The lowest BCUT2D eigenvalue weighted by atomic mass is 10.1. The number of carbonyl (C=O) groups excluding carboxylic acids is 1. The van der Waals surface area contributed by atoms with E-state index in [0.717, 1.165) is 22.3 Å². The molecular weight excluding hydrogens is 316 g/mol. The van der Waals surface area contributed by atoms with E-state index in [2.05, 4.69) is 9.97 Å². The monoisotopic (exact) mass is 334 g/mol. The molecule has 0 N–H and O–H groups in total. The summed E-state index contributed by atoms with van der Waals surface area (Å²) in [7, 11) is 1.36. The van der Waals surface area contributed by atoms with Crippen LogP contribution in [0.3, 0.4) is 0 Å². The average molecular weight is 334 g/mol. The van der Waals surface area contributed by atoms with Gasteiger partial charge in [-0.3, -0.25) is 9.97 Å². The summed E-state index contributed by atoms with van der Waals surface area (Å²) >= 11 is 0. The molecule has 2 heterocycles. The van der Waals surface area contributed by atoms with Gasteiger partial charge in [0.05, 0.1) is 12.7 Å². The third-order valence-electron chi connectivity index (χ3n) is 3.79. The van der Waals surface area contributed by atoms with Gasteiger partial charge in [-0.2, -0.15) is 0 Å². The van der Waals surface area contributed by atoms with Gasteiger partial charge in [0.1, 0.15) is 12.4 Å². The number of aromatic nitrogens is 2. The van der Waals surface area contributed by atoms with Crippen molar-refractivity contribution >= 4 is 5.97 Å². The molecular formula is C20H18N2O3. The smallest absolute Gasteiger partial charge is 0.337 e. The molecule has 5 heteroatoms. The Hall–Kier alpha value is -3.21. The molecule has 0 aliphatic rings. The highest BCUT2D eigenvalue weighted by Crippen LogP contribution is 2.23. The lowest BCUT2D eigenvalue weighted by molar-refractivity contribution is 0.0600. The molecule has 1 aromatic carbocycles. The van der Waals surface area contributed by atoms with Crippen molar-refractivity contribution in [1.82, 2.24) is 9.97 Å². The van der Waals surface area contributed by atoms with Gasteiger partial charge < -0.3 is 9.47 Å². The first-order chi connectivity index (χ1) is 12.2. The Labute approximate surface area is 146 Å². The first-order valence-electron chi connectivity index (χ1n) is 7.83. The molecule has 5 nitrogen and oxygen atoms in total. The van der Waals surface area contributed by atoms with Crippen molar-refractivity contribution in [3.63, 3.8) is 0 Å². The maximum absolute atomic E-state index is 11.7. The highest BCUT2D eigenvalue weighted by Gasteiger charge is 2.09. The van der Waals surface area contributed by atoms with Crippen LogP contribution >= 0.6 is 0 Å². The second-order valence-corrected chi connectivity index (χ2v) is 5.58. The quantitative estimate of drug-likeness (QED) is 0.664. The van der Waals surface area contributed by atoms with Crippen molar-refractivity contribution in [2.75, 3.05) is 7.11 Å². The molecule has 3 rings (SSSR count). The maximum Gasteiger partial charge on any atom is 0.337 e. The highest BCUT2D eigenvalue weighted by atomic mass is 16.5. The van der Waals surface area contributed by atoms with Crippen LogP contribution in [-0.2, 0) is 11.3 Å². The van der Waals surface area contributed by atoms with Crippen molar-refractivity contribution in [3.05, 3.63) is 77.9 Å². The van der Waals surface area contributed by atoms with E-state index in [0.29, 0.717) is 17.9 Å². The zero-order valence-corrected chi connectivity index (χ0v) is 14.1. The lowest BCUT2D eigenvalue weighted by Gasteiger charge is -2.11. The van der Waals surface area contributed by atoms with Crippen molar-refractivity contribution in [3.8, 4) is 16.9 Å². The third kappa shape index (κ3) is 4.01. The van der Waals surface area contributed by atoms with E-state index in [1.807, 2.05) is 31.2 Å². The van der Waals surface area contributed by atoms with Gasteiger partial charge >= 0.3 is 5.97 Å². The van der Waals surface area contributed by atoms with Crippen LogP contribution in [0, 0.1) is 6.92 Å². The largest absolute Gasteiger partial charge is 0.489 e. The fraction of sp³-hybridized carbons (Fsp3) is 0.150. The van der Waals surface area contributed by atoms with Gasteiger partial charge in [0, 0.05) is 41.5 Å². The number of nitrogens with zero attached hydrogens (tertiary/aromatic N) is 2. The molecule has 0 radical (unpaired) electrons. The second kappa shape index (κ2) is 7.57. The number of hydrogen-bond donors (Lipinski definition) is 0. The van der Waals surface area contributed by atoms with Crippen molar-refractivity contribution < 1.29 is 14.3 Å². The Morgan fingerprint density at radius 3 is 2.64 bits per heavy atom. The van der Waals surface area contributed by atoms with E-state index in [9.17, 15) is 4.79 Å². The summed E-state index contributed by atoms with van der Waals surface area (Å²) in [6.45, 7) is 2.28. The second-order valence-electron chi connectivity index (χ2n) is 5.58. The molecule has 3 aromatic rings. The number of carbonyl (C=O) groups is 1. The van der Waals surface area contributed by atoms with Crippen LogP contribution in [0.4, 0.5) is 0 Å². The van der Waals surface area contributed by atoms with Crippen LogP contribution in [0.2, 0.25) is 0 Å². The van der Waals surface area contributed by atoms with Gasteiger partial charge in [-0.05, 0) is 36.8 Å². The molecule has 0 saturated heterocycles. The standard InChI is InChI=1S/C20H18N2O3/c1-14-5-6-16(20(23)24-2)9-19(14)25-13-15-8-18(12-22-10-15)17-4-3-7-21-11-17/h3-12H,13H2,1-2H3. The van der Waals surface area contributed by atoms with Crippen LogP contribution in [-0.4, -0.2) is 23.0 Å². The number of pyridine rings is 2. The van der Waals surface area contributed by atoms with Gasteiger partial charge in [0.25, 0.3) is 0 Å². The first kappa shape index (κ1) is 16.6. The highest BCUT2D eigenvalue weighted by molar-refractivity contribution is 5.89. The third-order valence-corrected chi connectivity index (χ3v) is 3.79. The van der Waals surface area contributed by atoms with E-state index in [-0.39, 0.29) is 5.97 Å². The van der Waals surface area contributed by atoms with Gasteiger partial charge in [-0.15, -0.1) is 0 Å². The number of esters is 1. The predicted octanol–water partition coefficient (Wildman–Crippen LogP) is 3.82. The van der Waals surface area contributed by atoms with E-state index in [1.54, 1.807) is 36.9 Å². The van der Waals surface area contributed by atoms with Gasteiger partial charge in [-0.25, -0.2) is 4.79 Å². The van der Waals surface area contributed by atoms with Crippen LogP contribution in [0.1, 0.15) is 21.5 Å². The van der Waals surface area contributed by atoms with Crippen molar-refractivity contribution in [1.29, 1.82) is 0 Å². The summed E-state index contributed by atoms with van der Waals surface area (Å²) in [6, 6.07) is 11.1. The summed E-state index contributed by atoms with van der Waals surface area (Å²) in [5.41, 5.74) is 4.33. The number of aryl methyl sites for hydroxylation is 1. The molecule has 0 spiro atoms. The summed E-state index contributed by atoms with van der Waals surface area (Å²) in [5, 5.41) is 0. The minimum Gasteiger partial charge on any atom is -0.489 e. The summed E-state index contributed by atoms with van der Waals surface area (Å²) in [5.74, 6) is 0.264. The van der Waals surface area contributed by atoms with Crippen LogP contribution in [0.5, 0.6) is 5.75 Å². The predicted molar refractivity (Wildman–Crippen MR) is 94.3 cm³/mol. The number of rotatable bonds is 5. The van der Waals surface area contributed by atoms with E-state index < -0.39 is 0 Å². The Morgan fingerprint density at radius 2 is 1.88 bits per heavy atom. The van der Waals surface area contributed by atoms with Crippen LogP contribution < -0.4 is 4.74 Å². The molecule has 126 valence electrons. The molecule has 2 aromatic heterocycles. The number of methoxy groups -OCH3 is 1. The fourth-order valence-electron chi connectivity index (χ4n) is 2.42. The molecule has 0 atom stereocenters. The van der Waals surface area contributed by atoms with Crippen molar-refractivity contribution in [2.45, 2.75) is 13.5 Å². The fourth-order valence-corrected chi connectivity index (χ4v) is 2.42. The number of benzene rings is 1. The molecule has 0 unspecified atom stereocenters. The van der Waals surface area contributed by atoms with E-state index in [4.69, 9.17) is 9.47 Å². The van der Waals surface area contributed by atoms with Crippen molar-refractivity contribution in [2.24, 2.45) is 0 Å². The Morgan fingerprint density at radius 1 is 1.04 bits per heavy atom. The molecule has 0 saturated carbocycles. The molecule has 25 heavy (non-hydrogen) atoms. The summed E-state index contributed by atoms with van der Waals surface area (Å²) < 4.78 is 10.6. The minimum atomic E-state index is -0.384. The zero-order valence-electron chi connectivity index (χ0n) is 14.1.